The van der Waals surface area contributed by atoms with Crippen LogP contribution in [-0.2, 0) is 0 Å². The summed E-state index contributed by atoms with van der Waals surface area (Å²) in [7, 11) is 0. The number of aromatic nitrogens is 3. The molecule has 0 radical (unpaired) electrons. The standard InChI is InChI=1S/C19H14N4OS/c24-18-17(13-2-5-16(25)6-3-13)21-11-22-19(18)23-15-4-1-12-7-8-20-10-14(12)9-15/h1-11,24-25H,(H,21,22,23). The highest BCUT2D eigenvalue weighted by molar-refractivity contribution is 7.80. The van der Waals surface area contributed by atoms with Crippen molar-refractivity contribution >= 4 is 34.9 Å². The lowest BCUT2D eigenvalue weighted by atomic mass is 10.1. The highest BCUT2D eigenvalue weighted by Crippen LogP contribution is 2.34. The molecule has 0 aliphatic rings. The van der Waals surface area contributed by atoms with Gasteiger partial charge in [-0.15, -0.1) is 12.6 Å². The lowest BCUT2D eigenvalue weighted by molar-refractivity contribution is 0.475. The first-order chi connectivity index (χ1) is 12.2. The second-order valence-corrected chi connectivity index (χ2v) is 6.05. The van der Waals surface area contributed by atoms with E-state index >= 15 is 0 Å². The molecule has 6 heteroatoms. The molecule has 0 fully saturated rings. The minimum absolute atomic E-state index is 0.000646. The van der Waals surface area contributed by atoms with Crippen LogP contribution in [0.4, 0.5) is 11.5 Å². The van der Waals surface area contributed by atoms with Crippen LogP contribution in [0.1, 0.15) is 0 Å². The second-order valence-electron chi connectivity index (χ2n) is 5.53. The molecule has 0 spiro atoms. The number of aromatic hydroxyl groups is 1. The van der Waals surface area contributed by atoms with Crippen LogP contribution in [0, 0.1) is 0 Å². The maximum Gasteiger partial charge on any atom is 0.185 e. The smallest absolute Gasteiger partial charge is 0.185 e. The summed E-state index contributed by atoms with van der Waals surface area (Å²) in [5.74, 6) is 0.351. The van der Waals surface area contributed by atoms with E-state index in [0.717, 1.165) is 26.9 Å². The van der Waals surface area contributed by atoms with E-state index in [4.69, 9.17) is 0 Å². The number of hydrogen-bond acceptors (Lipinski definition) is 6. The summed E-state index contributed by atoms with van der Waals surface area (Å²) in [5, 5.41) is 15.8. The Hall–Kier alpha value is -3.12. The Kier molecular flexibility index (Phi) is 3.95. The molecule has 4 rings (SSSR count). The number of nitrogens with zero attached hydrogens (tertiary/aromatic N) is 3. The molecule has 5 nitrogen and oxygen atoms in total. The van der Waals surface area contributed by atoms with Gasteiger partial charge in [0, 0.05) is 33.9 Å². The molecule has 0 aliphatic carbocycles. The van der Waals surface area contributed by atoms with Crippen molar-refractivity contribution in [3.05, 3.63) is 67.3 Å². The Morgan fingerprint density at radius 1 is 0.920 bits per heavy atom. The Morgan fingerprint density at radius 2 is 1.76 bits per heavy atom. The molecule has 0 bridgehead atoms. The van der Waals surface area contributed by atoms with Crippen LogP contribution in [0.3, 0.4) is 0 Å². The first kappa shape index (κ1) is 15.4. The zero-order valence-corrected chi connectivity index (χ0v) is 14.0. The van der Waals surface area contributed by atoms with Crippen LogP contribution in [0.15, 0.2) is 72.1 Å². The Morgan fingerprint density at radius 3 is 2.60 bits per heavy atom. The predicted octanol–water partition coefficient (Wildman–Crippen LogP) is 4.43. The largest absolute Gasteiger partial charge is 0.503 e. The third-order valence-electron chi connectivity index (χ3n) is 3.87. The van der Waals surface area contributed by atoms with Gasteiger partial charge in [-0.3, -0.25) is 4.98 Å². The average molecular weight is 346 g/mol. The molecular weight excluding hydrogens is 332 g/mol. The highest BCUT2D eigenvalue weighted by Gasteiger charge is 2.12. The number of benzene rings is 2. The van der Waals surface area contributed by atoms with Gasteiger partial charge in [0.25, 0.3) is 0 Å². The predicted molar refractivity (Wildman–Crippen MR) is 101 cm³/mol. The number of thiol groups is 1. The summed E-state index contributed by atoms with van der Waals surface area (Å²) in [6.07, 6.45) is 4.98. The summed E-state index contributed by atoms with van der Waals surface area (Å²) >= 11 is 4.27. The van der Waals surface area contributed by atoms with Gasteiger partial charge in [-0.2, -0.15) is 0 Å². The van der Waals surface area contributed by atoms with Gasteiger partial charge < -0.3 is 10.4 Å². The summed E-state index contributed by atoms with van der Waals surface area (Å²) in [5.41, 5.74) is 2.07. The Balaban J connectivity index is 1.70. The lowest BCUT2D eigenvalue weighted by Gasteiger charge is -2.11. The molecule has 0 saturated heterocycles. The molecule has 0 amide bonds. The fourth-order valence-corrected chi connectivity index (χ4v) is 2.75. The molecule has 0 aliphatic heterocycles. The second kappa shape index (κ2) is 6.41. The third kappa shape index (κ3) is 3.12. The molecule has 4 aromatic rings. The van der Waals surface area contributed by atoms with Crippen molar-refractivity contribution < 1.29 is 5.11 Å². The van der Waals surface area contributed by atoms with Crippen LogP contribution in [-0.4, -0.2) is 20.1 Å². The van der Waals surface area contributed by atoms with Crippen LogP contribution in [0.5, 0.6) is 5.75 Å². The molecule has 2 aromatic carbocycles. The zero-order chi connectivity index (χ0) is 17.2. The van der Waals surface area contributed by atoms with E-state index in [2.05, 4.69) is 32.9 Å². The SMILES string of the molecule is Oc1c(Nc2ccc3ccncc3c2)ncnc1-c1ccc(S)cc1. The number of hydrogen-bond donors (Lipinski definition) is 3. The summed E-state index contributed by atoms with van der Waals surface area (Å²) in [6, 6.07) is 15.2. The van der Waals surface area contributed by atoms with Crippen LogP contribution >= 0.6 is 12.6 Å². The van der Waals surface area contributed by atoms with Crippen molar-refractivity contribution in [2.24, 2.45) is 0 Å². The van der Waals surface area contributed by atoms with Gasteiger partial charge in [0.05, 0.1) is 0 Å². The normalized spacial score (nSPS) is 10.8. The monoisotopic (exact) mass is 346 g/mol. The van der Waals surface area contributed by atoms with E-state index in [1.165, 1.54) is 6.33 Å². The number of rotatable bonds is 3. The van der Waals surface area contributed by atoms with E-state index in [-0.39, 0.29) is 5.75 Å². The van der Waals surface area contributed by atoms with Crippen molar-refractivity contribution in [3.63, 3.8) is 0 Å². The van der Waals surface area contributed by atoms with Crippen molar-refractivity contribution in [1.82, 2.24) is 15.0 Å². The molecule has 0 saturated carbocycles. The molecule has 2 heterocycles. The van der Waals surface area contributed by atoms with Gasteiger partial charge in [-0.25, -0.2) is 9.97 Å². The van der Waals surface area contributed by atoms with Gasteiger partial charge in [-0.05, 0) is 35.7 Å². The highest BCUT2D eigenvalue weighted by atomic mass is 32.1. The maximum absolute atomic E-state index is 10.6. The van der Waals surface area contributed by atoms with Crippen LogP contribution in [0.2, 0.25) is 0 Å². The van der Waals surface area contributed by atoms with Crippen LogP contribution < -0.4 is 5.32 Å². The van der Waals surface area contributed by atoms with Crippen molar-refractivity contribution in [2.75, 3.05) is 5.32 Å². The number of nitrogens with one attached hydrogen (secondary N) is 1. The maximum atomic E-state index is 10.6. The van der Waals surface area contributed by atoms with Gasteiger partial charge in [-0.1, -0.05) is 18.2 Å². The quantitative estimate of drug-likeness (QED) is 0.479. The van der Waals surface area contributed by atoms with Gasteiger partial charge in [0.15, 0.2) is 11.6 Å². The number of fused-ring (bicyclic) bond motifs is 1. The average Bonchev–Trinajstić information content (AvgIpc) is 2.64. The van der Waals surface area contributed by atoms with E-state index in [1.54, 1.807) is 12.4 Å². The van der Waals surface area contributed by atoms with E-state index < -0.39 is 0 Å². The first-order valence-corrected chi connectivity index (χ1v) is 8.09. The fraction of sp³-hybridized carbons (Fsp3) is 0. The molecular formula is C19H14N4OS. The number of pyridine rings is 1. The van der Waals surface area contributed by atoms with E-state index in [1.807, 2.05) is 48.5 Å². The van der Waals surface area contributed by atoms with E-state index in [0.29, 0.717) is 11.5 Å². The van der Waals surface area contributed by atoms with Crippen molar-refractivity contribution in [3.8, 4) is 17.0 Å². The number of anilines is 2. The molecule has 25 heavy (non-hydrogen) atoms. The van der Waals surface area contributed by atoms with Gasteiger partial charge in [0.1, 0.15) is 12.0 Å². The molecule has 0 atom stereocenters. The van der Waals surface area contributed by atoms with Gasteiger partial charge in [0.2, 0.25) is 0 Å². The fourth-order valence-electron chi connectivity index (χ4n) is 2.60. The topological polar surface area (TPSA) is 70.9 Å². The first-order valence-electron chi connectivity index (χ1n) is 7.65. The summed E-state index contributed by atoms with van der Waals surface area (Å²) in [6.45, 7) is 0. The molecule has 2 aromatic heterocycles. The minimum atomic E-state index is 0.000646. The van der Waals surface area contributed by atoms with Crippen LogP contribution in [0.25, 0.3) is 22.0 Å². The minimum Gasteiger partial charge on any atom is -0.503 e. The summed E-state index contributed by atoms with van der Waals surface area (Å²) in [4.78, 5) is 13.3. The Labute approximate surface area is 149 Å². The molecule has 0 unspecified atom stereocenters. The summed E-state index contributed by atoms with van der Waals surface area (Å²) < 4.78 is 0. The van der Waals surface area contributed by atoms with Gasteiger partial charge >= 0.3 is 0 Å². The zero-order valence-electron chi connectivity index (χ0n) is 13.1. The van der Waals surface area contributed by atoms with Crippen molar-refractivity contribution in [2.45, 2.75) is 4.90 Å². The van der Waals surface area contributed by atoms with Crippen molar-refractivity contribution in [1.29, 1.82) is 0 Å². The lowest BCUT2D eigenvalue weighted by Crippen LogP contribution is -1.97. The Bertz CT molecular complexity index is 1050. The van der Waals surface area contributed by atoms with E-state index in [9.17, 15) is 5.11 Å². The third-order valence-corrected chi connectivity index (χ3v) is 4.16. The molecule has 122 valence electrons. The molecule has 2 N–H and O–H groups in total.